The van der Waals surface area contributed by atoms with E-state index < -0.39 is 0 Å². The summed E-state index contributed by atoms with van der Waals surface area (Å²) in [7, 11) is 0. The molecule has 0 unspecified atom stereocenters. The van der Waals surface area contributed by atoms with Gasteiger partial charge in [-0.1, -0.05) is 6.08 Å². The molecular weight excluding hydrogens is 122 g/mol. The van der Waals surface area contributed by atoms with Crippen LogP contribution in [0.3, 0.4) is 0 Å². The van der Waals surface area contributed by atoms with Gasteiger partial charge in [0.15, 0.2) is 0 Å². The van der Waals surface area contributed by atoms with Crippen LogP contribution in [0.4, 0.5) is 0 Å². The van der Waals surface area contributed by atoms with Gasteiger partial charge in [0.25, 0.3) is 0 Å². The number of pyridine rings is 1. The van der Waals surface area contributed by atoms with E-state index in [4.69, 9.17) is 0 Å². The molecule has 0 spiro atoms. The van der Waals surface area contributed by atoms with Crippen molar-refractivity contribution in [3.63, 3.8) is 0 Å². The van der Waals surface area contributed by atoms with Crippen molar-refractivity contribution >= 4 is 5.57 Å². The summed E-state index contributed by atoms with van der Waals surface area (Å²) in [4.78, 5) is 3.93. The monoisotopic (exact) mass is 133 g/mol. The number of allylic oxidation sites excluding steroid dienone is 2. The molecule has 0 fully saturated rings. The highest BCUT2D eigenvalue weighted by Crippen LogP contribution is 2.10. The van der Waals surface area contributed by atoms with Gasteiger partial charge in [0.1, 0.15) is 0 Å². The van der Waals surface area contributed by atoms with Crippen LogP contribution in [0.1, 0.15) is 19.4 Å². The lowest BCUT2D eigenvalue weighted by Crippen LogP contribution is -1.77. The van der Waals surface area contributed by atoms with Crippen LogP contribution in [0.5, 0.6) is 0 Å². The summed E-state index contributed by atoms with van der Waals surface area (Å²) in [6, 6.07) is 4.02. The third-order valence-electron chi connectivity index (χ3n) is 1.57. The second-order valence-electron chi connectivity index (χ2n) is 2.21. The fourth-order valence-electron chi connectivity index (χ4n) is 0.781. The molecule has 52 valence electrons. The molecule has 1 aromatic rings. The highest BCUT2D eigenvalue weighted by Gasteiger charge is 1.89. The van der Waals surface area contributed by atoms with E-state index in [1.54, 1.807) is 0 Å². The molecule has 1 heteroatoms. The largest absolute Gasteiger partial charge is 0.265 e. The molecule has 1 heterocycles. The Morgan fingerprint density at radius 1 is 1.40 bits per heavy atom. The number of rotatable bonds is 1. The van der Waals surface area contributed by atoms with Crippen molar-refractivity contribution in [2.45, 2.75) is 13.8 Å². The van der Waals surface area contributed by atoms with E-state index in [0.29, 0.717) is 0 Å². The molecule has 0 aliphatic rings. The van der Waals surface area contributed by atoms with Gasteiger partial charge in [-0.2, -0.15) is 0 Å². The van der Waals surface area contributed by atoms with Crippen LogP contribution in [-0.2, 0) is 0 Å². The van der Waals surface area contributed by atoms with Crippen molar-refractivity contribution in [3.05, 3.63) is 36.2 Å². The maximum Gasteiger partial charge on any atom is 0.0273 e. The summed E-state index contributed by atoms with van der Waals surface area (Å²) in [5.41, 5.74) is 2.54. The SMILES string of the molecule is C/C=C(\C)c1ccncc1. The van der Waals surface area contributed by atoms with Gasteiger partial charge >= 0.3 is 0 Å². The van der Waals surface area contributed by atoms with Crippen LogP contribution < -0.4 is 0 Å². The molecule has 0 aliphatic carbocycles. The van der Waals surface area contributed by atoms with Crippen LogP contribution in [0.25, 0.3) is 5.57 Å². The van der Waals surface area contributed by atoms with Crippen LogP contribution in [0.15, 0.2) is 30.6 Å². The van der Waals surface area contributed by atoms with E-state index in [2.05, 4.69) is 18.0 Å². The van der Waals surface area contributed by atoms with Crippen molar-refractivity contribution in [2.24, 2.45) is 0 Å². The Morgan fingerprint density at radius 3 is 2.50 bits per heavy atom. The highest BCUT2D eigenvalue weighted by molar-refractivity contribution is 5.62. The van der Waals surface area contributed by atoms with E-state index >= 15 is 0 Å². The van der Waals surface area contributed by atoms with Crippen molar-refractivity contribution < 1.29 is 0 Å². The predicted molar refractivity (Wildman–Crippen MR) is 43.6 cm³/mol. The van der Waals surface area contributed by atoms with Gasteiger partial charge < -0.3 is 0 Å². The first-order valence-electron chi connectivity index (χ1n) is 3.38. The lowest BCUT2D eigenvalue weighted by molar-refractivity contribution is 1.31. The molecule has 0 atom stereocenters. The molecule has 0 amide bonds. The lowest BCUT2D eigenvalue weighted by atomic mass is 10.1. The molecule has 0 aromatic carbocycles. The first-order chi connectivity index (χ1) is 4.84. The average molecular weight is 133 g/mol. The topological polar surface area (TPSA) is 12.9 Å². The van der Waals surface area contributed by atoms with Crippen molar-refractivity contribution in [2.75, 3.05) is 0 Å². The first kappa shape index (κ1) is 7.00. The molecule has 0 bridgehead atoms. The van der Waals surface area contributed by atoms with E-state index in [0.717, 1.165) is 0 Å². The fraction of sp³-hybridized carbons (Fsp3) is 0.222. The number of aromatic nitrogens is 1. The van der Waals surface area contributed by atoms with Crippen molar-refractivity contribution in [3.8, 4) is 0 Å². The van der Waals surface area contributed by atoms with Gasteiger partial charge in [0.05, 0.1) is 0 Å². The number of hydrogen-bond acceptors (Lipinski definition) is 1. The Labute approximate surface area is 61.4 Å². The summed E-state index contributed by atoms with van der Waals surface area (Å²) in [6.45, 7) is 4.13. The quantitative estimate of drug-likeness (QED) is 0.573. The molecule has 0 radical (unpaired) electrons. The standard InChI is InChI=1S/C9H11N/c1-3-8(2)9-4-6-10-7-5-9/h3-7H,1-2H3/b8-3+. The maximum absolute atomic E-state index is 3.93. The van der Waals surface area contributed by atoms with Crippen LogP contribution >= 0.6 is 0 Å². The second-order valence-corrected chi connectivity index (χ2v) is 2.21. The molecule has 0 saturated heterocycles. The minimum atomic E-state index is 1.25. The molecule has 1 rings (SSSR count). The zero-order valence-corrected chi connectivity index (χ0v) is 6.33. The Morgan fingerprint density at radius 2 is 2.00 bits per heavy atom. The van der Waals surface area contributed by atoms with Crippen LogP contribution in [0, 0.1) is 0 Å². The number of hydrogen-bond donors (Lipinski definition) is 0. The summed E-state index contributed by atoms with van der Waals surface area (Å²) >= 11 is 0. The van der Waals surface area contributed by atoms with Crippen molar-refractivity contribution in [1.82, 2.24) is 4.98 Å². The van der Waals surface area contributed by atoms with E-state index in [-0.39, 0.29) is 0 Å². The van der Waals surface area contributed by atoms with Crippen molar-refractivity contribution in [1.29, 1.82) is 0 Å². The van der Waals surface area contributed by atoms with E-state index in [9.17, 15) is 0 Å². The maximum atomic E-state index is 3.93. The summed E-state index contributed by atoms with van der Waals surface area (Å²) in [5, 5.41) is 0. The normalized spacial score (nSPS) is 11.6. The smallest absolute Gasteiger partial charge is 0.0273 e. The first-order valence-corrected chi connectivity index (χ1v) is 3.38. The molecule has 1 nitrogen and oxygen atoms in total. The van der Waals surface area contributed by atoms with Gasteiger partial charge in [0, 0.05) is 12.4 Å². The molecule has 0 aliphatic heterocycles. The van der Waals surface area contributed by atoms with E-state index in [1.807, 2.05) is 31.5 Å². The summed E-state index contributed by atoms with van der Waals surface area (Å²) in [5.74, 6) is 0. The number of nitrogens with zero attached hydrogens (tertiary/aromatic N) is 1. The van der Waals surface area contributed by atoms with Gasteiger partial charge in [-0.05, 0) is 37.1 Å². The summed E-state index contributed by atoms with van der Waals surface area (Å²) < 4.78 is 0. The summed E-state index contributed by atoms with van der Waals surface area (Å²) in [6.07, 6.45) is 5.71. The fourth-order valence-corrected chi connectivity index (χ4v) is 0.781. The zero-order chi connectivity index (χ0) is 7.40. The van der Waals surface area contributed by atoms with Crippen LogP contribution in [0.2, 0.25) is 0 Å². The highest BCUT2D eigenvalue weighted by atomic mass is 14.6. The Kier molecular flexibility index (Phi) is 2.21. The van der Waals surface area contributed by atoms with Gasteiger partial charge in [0.2, 0.25) is 0 Å². The third-order valence-corrected chi connectivity index (χ3v) is 1.57. The molecule has 0 saturated carbocycles. The lowest BCUT2D eigenvalue weighted by Gasteiger charge is -1.96. The Bertz CT molecular complexity index is 224. The molecule has 1 aromatic heterocycles. The Hall–Kier alpha value is -1.11. The minimum Gasteiger partial charge on any atom is -0.265 e. The van der Waals surface area contributed by atoms with E-state index in [1.165, 1.54) is 11.1 Å². The second kappa shape index (κ2) is 3.16. The predicted octanol–water partition coefficient (Wildman–Crippen LogP) is 2.50. The zero-order valence-electron chi connectivity index (χ0n) is 6.33. The Balaban J connectivity index is 2.96. The van der Waals surface area contributed by atoms with Crippen LogP contribution in [-0.4, -0.2) is 4.98 Å². The molecule has 10 heavy (non-hydrogen) atoms. The molecular formula is C9H11N. The third kappa shape index (κ3) is 1.44. The van der Waals surface area contributed by atoms with Gasteiger partial charge in [-0.3, -0.25) is 4.98 Å². The van der Waals surface area contributed by atoms with Gasteiger partial charge in [-0.25, -0.2) is 0 Å². The average Bonchev–Trinajstić information content (AvgIpc) is 2.05. The van der Waals surface area contributed by atoms with Gasteiger partial charge in [-0.15, -0.1) is 0 Å². The minimum absolute atomic E-state index is 1.25. The molecule has 0 N–H and O–H groups in total.